The van der Waals surface area contributed by atoms with Crippen LogP contribution in [0.5, 0.6) is 0 Å². The summed E-state index contributed by atoms with van der Waals surface area (Å²) < 4.78 is 3.89. The van der Waals surface area contributed by atoms with Crippen molar-refractivity contribution in [2.75, 3.05) is 6.54 Å². The summed E-state index contributed by atoms with van der Waals surface area (Å²) in [6.07, 6.45) is 10.2. The van der Waals surface area contributed by atoms with Crippen molar-refractivity contribution < 1.29 is 0 Å². The Balaban J connectivity index is 1.59. The van der Waals surface area contributed by atoms with E-state index in [0.29, 0.717) is 6.04 Å². The summed E-state index contributed by atoms with van der Waals surface area (Å²) in [6, 6.07) is 6.65. The SMILES string of the molecule is Cc1nccn1-c1cccc([C@H]2CCCN2Cc2cnn(C)c2)n1. The lowest BCUT2D eigenvalue weighted by molar-refractivity contribution is 0.244. The quantitative estimate of drug-likeness (QED) is 0.741. The fourth-order valence-corrected chi connectivity index (χ4v) is 3.52. The van der Waals surface area contributed by atoms with Crippen LogP contribution in [0, 0.1) is 6.92 Å². The zero-order valence-electron chi connectivity index (χ0n) is 14.1. The molecule has 4 heterocycles. The number of rotatable bonds is 4. The molecule has 0 N–H and O–H groups in total. The number of pyridine rings is 1. The van der Waals surface area contributed by atoms with E-state index in [0.717, 1.165) is 36.8 Å². The van der Waals surface area contributed by atoms with Gasteiger partial charge in [0.05, 0.1) is 17.9 Å². The van der Waals surface area contributed by atoms with E-state index >= 15 is 0 Å². The van der Waals surface area contributed by atoms with Crippen LogP contribution >= 0.6 is 0 Å². The number of likely N-dealkylation sites (tertiary alicyclic amines) is 1. The largest absolute Gasteiger partial charge is 0.290 e. The fraction of sp³-hybridized carbons (Fsp3) is 0.389. The van der Waals surface area contributed by atoms with E-state index in [1.807, 2.05) is 47.9 Å². The van der Waals surface area contributed by atoms with Gasteiger partial charge in [0.15, 0.2) is 0 Å². The molecule has 0 aliphatic carbocycles. The van der Waals surface area contributed by atoms with Crippen LogP contribution in [-0.2, 0) is 13.6 Å². The maximum absolute atomic E-state index is 4.92. The molecule has 0 amide bonds. The van der Waals surface area contributed by atoms with Crippen LogP contribution < -0.4 is 0 Å². The maximum Gasteiger partial charge on any atom is 0.138 e. The molecule has 1 aliphatic rings. The molecule has 3 aromatic rings. The minimum absolute atomic E-state index is 0.369. The van der Waals surface area contributed by atoms with Crippen molar-refractivity contribution in [1.82, 2.24) is 29.2 Å². The molecule has 0 radical (unpaired) electrons. The molecular formula is C18H22N6. The predicted octanol–water partition coefficient (Wildman–Crippen LogP) is 2.65. The van der Waals surface area contributed by atoms with Crippen LogP contribution in [0.15, 0.2) is 43.0 Å². The topological polar surface area (TPSA) is 51.8 Å². The summed E-state index contributed by atoms with van der Waals surface area (Å²) in [5.41, 5.74) is 2.40. The van der Waals surface area contributed by atoms with Crippen molar-refractivity contribution in [2.45, 2.75) is 32.4 Å². The lowest BCUT2D eigenvalue weighted by atomic mass is 10.1. The Kier molecular flexibility index (Phi) is 3.90. The van der Waals surface area contributed by atoms with Crippen molar-refractivity contribution in [3.63, 3.8) is 0 Å². The molecule has 0 aromatic carbocycles. The number of aromatic nitrogens is 5. The van der Waals surface area contributed by atoms with Crippen molar-refractivity contribution >= 4 is 0 Å². The van der Waals surface area contributed by atoms with E-state index in [4.69, 9.17) is 4.98 Å². The Morgan fingerprint density at radius 3 is 2.96 bits per heavy atom. The molecule has 6 nitrogen and oxygen atoms in total. The Morgan fingerprint density at radius 2 is 2.21 bits per heavy atom. The highest BCUT2D eigenvalue weighted by Crippen LogP contribution is 2.32. The second-order valence-corrected chi connectivity index (χ2v) is 6.42. The molecule has 124 valence electrons. The molecule has 1 fully saturated rings. The normalized spacial score (nSPS) is 18.3. The third kappa shape index (κ3) is 2.85. The molecule has 4 rings (SSSR count). The second kappa shape index (κ2) is 6.20. The van der Waals surface area contributed by atoms with E-state index in [9.17, 15) is 0 Å². The van der Waals surface area contributed by atoms with Gasteiger partial charge in [0.25, 0.3) is 0 Å². The highest BCUT2D eigenvalue weighted by molar-refractivity contribution is 5.28. The first kappa shape index (κ1) is 15.1. The van der Waals surface area contributed by atoms with Gasteiger partial charge in [-0.25, -0.2) is 9.97 Å². The van der Waals surface area contributed by atoms with Crippen molar-refractivity contribution in [3.05, 3.63) is 60.1 Å². The average Bonchev–Trinajstić information content (AvgIpc) is 3.30. The fourth-order valence-electron chi connectivity index (χ4n) is 3.52. The molecule has 0 unspecified atom stereocenters. The van der Waals surface area contributed by atoms with Gasteiger partial charge in [-0.2, -0.15) is 5.10 Å². The highest BCUT2D eigenvalue weighted by Gasteiger charge is 2.27. The van der Waals surface area contributed by atoms with Crippen molar-refractivity contribution in [1.29, 1.82) is 0 Å². The Bertz CT molecular complexity index is 833. The van der Waals surface area contributed by atoms with E-state index in [1.54, 1.807) is 0 Å². The number of hydrogen-bond acceptors (Lipinski definition) is 4. The molecule has 1 atom stereocenters. The van der Waals surface area contributed by atoms with E-state index < -0.39 is 0 Å². The van der Waals surface area contributed by atoms with Gasteiger partial charge in [-0.3, -0.25) is 14.1 Å². The minimum Gasteiger partial charge on any atom is -0.290 e. The molecule has 0 spiro atoms. The van der Waals surface area contributed by atoms with Crippen LogP contribution in [0.3, 0.4) is 0 Å². The standard InChI is InChI=1S/C18H22N6/c1-14-19-8-10-24(14)18-7-3-5-16(21-18)17-6-4-9-23(17)13-15-11-20-22(2)12-15/h3,5,7-8,10-12,17H,4,6,9,13H2,1-2H3/t17-/m1/s1. The van der Waals surface area contributed by atoms with Crippen molar-refractivity contribution in [3.8, 4) is 5.82 Å². The molecule has 3 aromatic heterocycles. The highest BCUT2D eigenvalue weighted by atomic mass is 15.3. The number of imidazole rings is 1. The van der Waals surface area contributed by atoms with Crippen LogP contribution in [-0.4, -0.2) is 35.8 Å². The van der Waals surface area contributed by atoms with Crippen molar-refractivity contribution in [2.24, 2.45) is 7.05 Å². The van der Waals surface area contributed by atoms with Gasteiger partial charge in [-0.1, -0.05) is 6.07 Å². The zero-order valence-corrected chi connectivity index (χ0v) is 14.1. The van der Waals surface area contributed by atoms with Gasteiger partial charge in [-0.15, -0.1) is 0 Å². The summed E-state index contributed by atoms with van der Waals surface area (Å²) in [5, 5.41) is 4.28. The Hall–Kier alpha value is -2.47. The van der Waals surface area contributed by atoms with Crippen LogP contribution in [0.25, 0.3) is 5.82 Å². The summed E-state index contributed by atoms with van der Waals surface area (Å²) in [5.74, 6) is 1.90. The number of hydrogen-bond donors (Lipinski definition) is 0. The first-order valence-corrected chi connectivity index (χ1v) is 8.39. The molecule has 0 saturated carbocycles. The van der Waals surface area contributed by atoms with Gasteiger partial charge in [0.2, 0.25) is 0 Å². The lowest BCUT2D eigenvalue weighted by Gasteiger charge is -2.23. The minimum atomic E-state index is 0.369. The van der Waals surface area contributed by atoms with Gasteiger partial charge in [-0.05, 0) is 38.4 Å². The summed E-state index contributed by atoms with van der Waals surface area (Å²) in [6.45, 7) is 4.03. The monoisotopic (exact) mass is 322 g/mol. The summed E-state index contributed by atoms with van der Waals surface area (Å²) in [7, 11) is 1.96. The second-order valence-electron chi connectivity index (χ2n) is 6.42. The Morgan fingerprint density at radius 1 is 1.29 bits per heavy atom. The number of aryl methyl sites for hydroxylation is 2. The summed E-state index contributed by atoms with van der Waals surface area (Å²) in [4.78, 5) is 11.7. The molecule has 1 saturated heterocycles. The van der Waals surface area contributed by atoms with Gasteiger partial charge < -0.3 is 0 Å². The Labute approximate surface area is 141 Å². The van der Waals surface area contributed by atoms with Crippen LogP contribution in [0.1, 0.15) is 36.0 Å². The van der Waals surface area contributed by atoms with E-state index in [-0.39, 0.29) is 0 Å². The maximum atomic E-state index is 4.92. The average molecular weight is 322 g/mol. The van der Waals surface area contributed by atoms with Gasteiger partial charge in [0, 0.05) is 37.7 Å². The number of nitrogens with zero attached hydrogens (tertiary/aromatic N) is 6. The first-order valence-electron chi connectivity index (χ1n) is 8.39. The third-order valence-corrected chi connectivity index (χ3v) is 4.68. The van der Waals surface area contributed by atoms with Crippen LogP contribution in [0.4, 0.5) is 0 Å². The molecular weight excluding hydrogens is 300 g/mol. The van der Waals surface area contributed by atoms with Gasteiger partial charge >= 0.3 is 0 Å². The molecule has 6 heteroatoms. The van der Waals surface area contributed by atoms with E-state index in [1.165, 1.54) is 12.0 Å². The zero-order chi connectivity index (χ0) is 16.5. The van der Waals surface area contributed by atoms with Gasteiger partial charge in [0.1, 0.15) is 11.6 Å². The van der Waals surface area contributed by atoms with E-state index in [2.05, 4.69) is 33.3 Å². The smallest absolute Gasteiger partial charge is 0.138 e. The first-order chi connectivity index (χ1) is 11.7. The summed E-state index contributed by atoms with van der Waals surface area (Å²) >= 11 is 0. The predicted molar refractivity (Wildman–Crippen MR) is 91.7 cm³/mol. The lowest BCUT2D eigenvalue weighted by Crippen LogP contribution is -2.23. The molecule has 0 bridgehead atoms. The molecule has 24 heavy (non-hydrogen) atoms. The molecule has 1 aliphatic heterocycles. The van der Waals surface area contributed by atoms with Crippen LogP contribution in [0.2, 0.25) is 0 Å². The third-order valence-electron chi connectivity index (χ3n) is 4.68.